The first-order chi connectivity index (χ1) is 14.6. The maximum absolute atomic E-state index is 13.0. The predicted molar refractivity (Wildman–Crippen MR) is 123 cm³/mol. The van der Waals surface area contributed by atoms with Crippen LogP contribution < -0.4 is 10.9 Å². The summed E-state index contributed by atoms with van der Waals surface area (Å²) in [6, 6.07) is 19.0. The second-order valence-corrected chi connectivity index (χ2v) is 8.83. The summed E-state index contributed by atoms with van der Waals surface area (Å²) in [7, 11) is 0. The van der Waals surface area contributed by atoms with Crippen molar-refractivity contribution in [3.63, 3.8) is 0 Å². The zero-order chi connectivity index (χ0) is 20.9. The Hall–Kier alpha value is -2.61. The van der Waals surface area contributed by atoms with Crippen molar-refractivity contribution in [1.82, 2.24) is 14.9 Å². The first-order valence-electron chi connectivity index (χ1n) is 9.26. The van der Waals surface area contributed by atoms with Crippen LogP contribution in [0.4, 0.5) is 0 Å². The Morgan fingerprint density at radius 2 is 1.87 bits per heavy atom. The highest BCUT2D eigenvalue weighted by molar-refractivity contribution is 7.99. The molecule has 1 N–H and O–H groups in total. The van der Waals surface area contributed by atoms with Crippen molar-refractivity contribution >= 4 is 50.8 Å². The van der Waals surface area contributed by atoms with Crippen molar-refractivity contribution in [2.75, 3.05) is 5.75 Å². The molecule has 0 fully saturated rings. The molecule has 0 bridgehead atoms. The number of rotatable bonds is 7. The maximum atomic E-state index is 13.0. The van der Waals surface area contributed by atoms with Gasteiger partial charge < -0.3 is 5.32 Å². The van der Waals surface area contributed by atoms with Crippen LogP contribution in [0.1, 0.15) is 11.1 Å². The number of fused-ring (bicyclic) bond motifs is 1. The average molecular weight is 456 g/mol. The van der Waals surface area contributed by atoms with E-state index in [0.29, 0.717) is 33.5 Å². The van der Waals surface area contributed by atoms with Crippen molar-refractivity contribution < 1.29 is 4.79 Å². The Balaban J connectivity index is 1.51. The zero-order valence-electron chi connectivity index (χ0n) is 15.9. The smallest absolute Gasteiger partial charge is 0.272 e. The molecule has 5 nitrogen and oxygen atoms in total. The molecular weight excluding hydrogens is 438 g/mol. The normalized spacial score (nSPS) is 11.0. The third-order valence-electron chi connectivity index (χ3n) is 4.48. The molecule has 2 heterocycles. The number of carbonyl (C=O) groups excluding carboxylic acids is 1. The first-order valence-corrected chi connectivity index (χ1v) is 11.5. The van der Waals surface area contributed by atoms with E-state index in [-0.39, 0.29) is 17.2 Å². The van der Waals surface area contributed by atoms with Crippen molar-refractivity contribution in [2.24, 2.45) is 0 Å². The van der Waals surface area contributed by atoms with Crippen molar-refractivity contribution in [1.29, 1.82) is 0 Å². The van der Waals surface area contributed by atoms with E-state index in [4.69, 9.17) is 11.6 Å². The number of thiophene rings is 1. The highest BCUT2D eigenvalue weighted by Gasteiger charge is 2.15. The number of thioether (sulfide) groups is 1. The van der Waals surface area contributed by atoms with E-state index >= 15 is 0 Å². The molecule has 4 aromatic rings. The molecule has 2 aromatic carbocycles. The van der Waals surface area contributed by atoms with Crippen molar-refractivity contribution in [2.45, 2.75) is 18.2 Å². The second-order valence-electron chi connectivity index (χ2n) is 6.56. The molecular formula is C22H18ClN3O2S2. The fraction of sp³-hybridized carbons (Fsp3) is 0.136. The van der Waals surface area contributed by atoms with Gasteiger partial charge in [-0.05, 0) is 28.6 Å². The fourth-order valence-corrected chi connectivity index (χ4v) is 4.77. The Labute approximate surface area is 186 Å². The summed E-state index contributed by atoms with van der Waals surface area (Å²) in [5.41, 5.74) is 2.43. The number of nitrogens with one attached hydrogen (secondary N) is 1. The summed E-state index contributed by atoms with van der Waals surface area (Å²) in [5.74, 6) is 0.00673. The number of amides is 1. The topological polar surface area (TPSA) is 64.0 Å². The van der Waals surface area contributed by atoms with Crippen LogP contribution in [0.3, 0.4) is 0 Å². The van der Waals surface area contributed by atoms with Gasteiger partial charge in [-0.15, -0.1) is 11.3 Å². The molecule has 2 aromatic heterocycles. The summed E-state index contributed by atoms with van der Waals surface area (Å²) in [6.45, 7) is 0.761. The molecule has 0 aliphatic carbocycles. The lowest BCUT2D eigenvalue weighted by Gasteiger charge is -2.12. The van der Waals surface area contributed by atoms with Crippen LogP contribution in [-0.4, -0.2) is 21.2 Å². The number of hydrogen-bond acceptors (Lipinski definition) is 5. The van der Waals surface area contributed by atoms with Gasteiger partial charge in [-0.1, -0.05) is 71.9 Å². The second kappa shape index (κ2) is 9.47. The van der Waals surface area contributed by atoms with Crippen LogP contribution in [0.5, 0.6) is 0 Å². The molecule has 1 amide bonds. The number of halogens is 1. The highest BCUT2D eigenvalue weighted by atomic mass is 35.5. The van der Waals surface area contributed by atoms with E-state index in [1.54, 1.807) is 10.6 Å². The molecule has 8 heteroatoms. The van der Waals surface area contributed by atoms with E-state index in [0.717, 1.165) is 11.1 Å². The summed E-state index contributed by atoms with van der Waals surface area (Å²) in [4.78, 5) is 30.0. The summed E-state index contributed by atoms with van der Waals surface area (Å²) >= 11 is 8.78. The first kappa shape index (κ1) is 20.7. The van der Waals surface area contributed by atoms with Crippen LogP contribution in [0, 0.1) is 0 Å². The van der Waals surface area contributed by atoms with Gasteiger partial charge in [0.05, 0.1) is 17.8 Å². The van der Waals surface area contributed by atoms with Crippen LogP contribution in [0.15, 0.2) is 76.0 Å². The maximum Gasteiger partial charge on any atom is 0.272 e. The third kappa shape index (κ3) is 4.75. The largest absolute Gasteiger partial charge is 0.351 e. The van der Waals surface area contributed by atoms with Gasteiger partial charge in [-0.3, -0.25) is 14.2 Å². The van der Waals surface area contributed by atoms with Gasteiger partial charge in [0.15, 0.2) is 5.16 Å². The molecule has 0 aliphatic rings. The quantitative estimate of drug-likeness (QED) is 0.327. The molecule has 0 radical (unpaired) electrons. The number of aromatic nitrogens is 2. The van der Waals surface area contributed by atoms with E-state index < -0.39 is 0 Å². The van der Waals surface area contributed by atoms with Crippen LogP contribution >= 0.6 is 34.7 Å². The minimum Gasteiger partial charge on any atom is -0.351 e. The molecule has 0 aliphatic heterocycles. The van der Waals surface area contributed by atoms with Crippen LogP contribution in [0.2, 0.25) is 5.02 Å². The Morgan fingerprint density at radius 3 is 2.67 bits per heavy atom. The minimum atomic E-state index is -0.147. The fourth-order valence-electron chi connectivity index (χ4n) is 2.96. The van der Waals surface area contributed by atoms with E-state index in [1.165, 1.54) is 23.1 Å². The van der Waals surface area contributed by atoms with Gasteiger partial charge in [0.2, 0.25) is 5.91 Å². The SMILES string of the molecule is O=C(CSc1nc2ccsc2c(=O)n1Cc1ccccc1)NCc1ccccc1Cl. The van der Waals surface area contributed by atoms with Crippen molar-refractivity contribution in [3.8, 4) is 0 Å². The zero-order valence-corrected chi connectivity index (χ0v) is 18.3. The lowest BCUT2D eigenvalue weighted by molar-refractivity contribution is -0.118. The van der Waals surface area contributed by atoms with Gasteiger partial charge in [-0.25, -0.2) is 4.98 Å². The van der Waals surface area contributed by atoms with Gasteiger partial charge in [-0.2, -0.15) is 0 Å². The lowest BCUT2D eigenvalue weighted by Crippen LogP contribution is -2.26. The Kier molecular flexibility index (Phi) is 6.52. The van der Waals surface area contributed by atoms with Gasteiger partial charge in [0.1, 0.15) is 4.70 Å². The minimum absolute atomic E-state index is 0.0853. The Morgan fingerprint density at radius 1 is 1.10 bits per heavy atom. The molecule has 0 atom stereocenters. The Bertz CT molecular complexity index is 1240. The average Bonchev–Trinajstić information content (AvgIpc) is 3.23. The predicted octanol–water partition coefficient (Wildman–Crippen LogP) is 4.57. The summed E-state index contributed by atoms with van der Waals surface area (Å²) in [5, 5.41) is 5.87. The standard InChI is InChI=1S/C22H18ClN3O2S2/c23-17-9-5-4-8-16(17)12-24-19(27)14-30-22-25-18-10-11-29-20(18)21(28)26(22)13-15-6-2-1-3-7-15/h1-11H,12-14H2,(H,24,27). The molecule has 30 heavy (non-hydrogen) atoms. The molecule has 4 rings (SSSR count). The third-order valence-corrected chi connectivity index (χ3v) is 6.72. The van der Waals surface area contributed by atoms with Gasteiger partial charge >= 0.3 is 0 Å². The number of nitrogens with zero attached hydrogens (tertiary/aromatic N) is 2. The number of carbonyl (C=O) groups is 1. The molecule has 0 spiro atoms. The molecule has 152 valence electrons. The monoisotopic (exact) mass is 455 g/mol. The molecule has 0 saturated carbocycles. The number of benzene rings is 2. The number of hydrogen-bond donors (Lipinski definition) is 1. The lowest BCUT2D eigenvalue weighted by atomic mass is 10.2. The molecule has 0 saturated heterocycles. The van der Waals surface area contributed by atoms with Gasteiger partial charge in [0, 0.05) is 11.6 Å². The van der Waals surface area contributed by atoms with Crippen LogP contribution in [0.25, 0.3) is 10.2 Å². The van der Waals surface area contributed by atoms with Crippen molar-refractivity contribution in [3.05, 3.63) is 92.5 Å². The van der Waals surface area contributed by atoms with Gasteiger partial charge in [0.25, 0.3) is 5.56 Å². The highest BCUT2D eigenvalue weighted by Crippen LogP contribution is 2.22. The van der Waals surface area contributed by atoms with E-state index in [1.807, 2.05) is 60.0 Å². The molecule has 0 unspecified atom stereocenters. The summed E-state index contributed by atoms with van der Waals surface area (Å²) in [6.07, 6.45) is 0. The summed E-state index contributed by atoms with van der Waals surface area (Å²) < 4.78 is 2.26. The van der Waals surface area contributed by atoms with Crippen LogP contribution in [-0.2, 0) is 17.9 Å². The van der Waals surface area contributed by atoms with E-state index in [2.05, 4.69) is 10.3 Å². The van der Waals surface area contributed by atoms with E-state index in [9.17, 15) is 9.59 Å².